The van der Waals surface area contributed by atoms with Crippen LogP contribution in [0.1, 0.15) is 64.6 Å². The molecule has 1 aliphatic heterocycles. The summed E-state index contributed by atoms with van der Waals surface area (Å²) >= 11 is 1.21. The maximum absolute atomic E-state index is 13.8. The second-order valence-corrected chi connectivity index (χ2v) is 11.2. The van der Waals surface area contributed by atoms with E-state index < -0.39 is 71.9 Å². The fourth-order valence-corrected chi connectivity index (χ4v) is 4.80. The van der Waals surface area contributed by atoms with Crippen molar-refractivity contribution in [3.63, 3.8) is 0 Å². The Kier molecular flexibility index (Phi) is 11.0. The summed E-state index contributed by atoms with van der Waals surface area (Å²) in [5.74, 6) is -2.94. The van der Waals surface area contributed by atoms with Gasteiger partial charge in [-0.2, -0.15) is 13.2 Å². The molecule has 11 heteroatoms. The Hall–Kier alpha value is -2.34. The van der Waals surface area contributed by atoms with Crippen molar-refractivity contribution in [2.75, 3.05) is 0 Å². The number of alkyl halides is 3. The third kappa shape index (κ3) is 8.33. The predicted octanol–water partition coefficient (Wildman–Crippen LogP) is 4.77. The van der Waals surface area contributed by atoms with Crippen molar-refractivity contribution >= 4 is 29.2 Å². The molecule has 0 aromatic carbocycles. The van der Waals surface area contributed by atoms with Gasteiger partial charge in [0, 0.05) is 29.2 Å². The van der Waals surface area contributed by atoms with E-state index in [0.717, 1.165) is 6.08 Å². The number of aliphatic hydroxyl groups excluding tert-OH is 3. The van der Waals surface area contributed by atoms with Gasteiger partial charge in [-0.3, -0.25) is 9.59 Å². The molecule has 38 heavy (non-hydrogen) atoms. The lowest BCUT2D eigenvalue weighted by Gasteiger charge is -2.34. The van der Waals surface area contributed by atoms with Crippen LogP contribution in [0.2, 0.25) is 0 Å². The Balaban J connectivity index is 2.50. The molecule has 0 radical (unpaired) electrons. The summed E-state index contributed by atoms with van der Waals surface area (Å²) in [6.07, 6.45) is -4.45. The van der Waals surface area contributed by atoms with Crippen molar-refractivity contribution in [2.45, 2.75) is 85.0 Å². The molecule has 212 valence electrons. The molecule has 0 saturated carbocycles. The van der Waals surface area contributed by atoms with Gasteiger partial charge in [0.15, 0.2) is 0 Å². The van der Waals surface area contributed by atoms with E-state index in [1.165, 1.54) is 44.3 Å². The van der Waals surface area contributed by atoms with Crippen molar-refractivity contribution in [1.82, 2.24) is 4.98 Å². The number of rotatable bonds is 3. The molecule has 3 N–H and O–H groups in total. The minimum atomic E-state index is -4.64. The molecule has 1 aliphatic rings. The molecule has 0 aliphatic carbocycles. The zero-order chi connectivity index (χ0) is 28.8. The monoisotopic (exact) mass is 559 g/mol. The number of carbonyl (C=O) groups is 2. The molecule has 0 spiro atoms. The number of nitrogens with zero attached hydrogens (tertiary/aromatic N) is 1. The molecular formula is C27H36F3NO6S. The van der Waals surface area contributed by atoms with Crippen LogP contribution >= 0.6 is 11.3 Å². The maximum atomic E-state index is 13.8. The van der Waals surface area contributed by atoms with E-state index in [-0.39, 0.29) is 13.0 Å². The van der Waals surface area contributed by atoms with Gasteiger partial charge in [0.25, 0.3) is 0 Å². The minimum Gasteiger partial charge on any atom is -0.457 e. The van der Waals surface area contributed by atoms with E-state index in [4.69, 9.17) is 4.74 Å². The van der Waals surface area contributed by atoms with Gasteiger partial charge >= 0.3 is 12.1 Å². The molecular weight excluding hydrogens is 523 g/mol. The van der Waals surface area contributed by atoms with E-state index in [9.17, 15) is 38.1 Å². The highest BCUT2D eigenvalue weighted by Crippen LogP contribution is 2.33. The van der Waals surface area contributed by atoms with Crippen LogP contribution in [0, 0.1) is 17.3 Å². The largest absolute Gasteiger partial charge is 0.457 e. The Morgan fingerprint density at radius 2 is 1.92 bits per heavy atom. The van der Waals surface area contributed by atoms with Gasteiger partial charge in [-0.15, -0.1) is 11.3 Å². The average Bonchev–Trinajstić information content (AvgIpc) is 3.29. The molecule has 0 fully saturated rings. The van der Waals surface area contributed by atoms with Crippen molar-refractivity contribution in [3.8, 4) is 0 Å². The molecule has 2 rings (SSSR count). The van der Waals surface area contributed by atoms with Crippen LogP contribution in [-0.2, 0) is 20.9 Å². The number of allylic oxidation sites excluding steroid dienone is 2. The summed E-state index contributed by atoms with van der Waals surface area (Å²) in [6, 6.07) is 0. The fourth-order valence-electron chi connectivity index (χ4n) is 4.19. The summed E-state index contributed by atoms with van der Waals surface area (Å²) in [5, 5.41) is 32.8. The molecule has 0 amide bonds. The Labute approximate surface area is 224 Å². The van der Waals surface area contributed by atoms with Gasteiger partial charge in [0.05, 0.1) is 36.3 Å². The Morgan fingerprint density at radius 3 is 2.50 bits per heavy atom. The first kappa shape index (κ1) is 31.9. The van der Waals surface area contributed by atoms with Crippen molar-refractivity contribution in [3.05, 3.63) is 45.5 Å². The number of thiazole rings is 1. The summed E-state index contributed by atoms with van der Waals surface area (Å²) in [6.45, 7) is 7.35. The van der Waals surface area contributed by atoms with Crippen LogP contribution < -0.4 is 0 Å². The number of Topliss-reactive ketones (excluding diaryl/α,β-unsaturated/α-hetero) is 1. The van der Waals surface area contributed by atoms with E-state index >= 15 is 0 Å². The lowest BCUT2D eigenvalue weighted by molar-refractivity contribution is -0.154. The van der Waals surface area contributed by atoms with E-state index in [0.29, 0.717) is 16.3 Å². The third-order valence-corrected chi connectivity index (χ3v) is 7.73. The first-order chi connectivity index (χ1) is 17.6. The number of halogens is 3. The molecule has 1 aromatic rings. The summed E-state index contributed by atoms with van der Waals surface area (Å²) in [5.41, 5.74) is -1.38. The standard InChI is InChI=1S/C27H36F3NO6S/c1-15-7-6-8-18(27(28,29)30)9-10-20(16(2)11-19-14-38-22(13-32)31-19)37-23(34)12-21(33)26(4,5)25(36)17(3)24(15)35/h6-7,9,11,14-15,17,20-21,24,32-33,35H,8,10,12-13H2,1-5H3/b7-6+,16-11+,18-9+/t15-,17+,20+,21-,24-/m0/s1. The topological polar surface area (TPSA) is 117 Å². The second-order valence-electron chi connectivity index (χ2n) is 10.2. The molecule has 1 aromatic heterocycles. The smallest absolute Gasteiger partial charge is 0.412 e. The minimum absolute atomic E-state index is 0.262. The molecule has 5 atom stereocenters. The van der Waals surface area contributed by atoms with Crippen molar-refractivity contribution in [1.29, 1.82) is 0 Å². The number of carbonyl (C=O) groups excluding carboxylic acids is 2. The maximum Gasteiger partial charge on any atom is 0.412 e. The van der Waals surface area contributed by atoms with Gasteiger partial charge in [-0.05, 0) is 25.0 Å². The van der Waals surface area contributed by atoms with Crippen LogP contribution in [0.4, 0.5) is 13.2 Å². The van der Waals surface area contributed by atoms with E-state index in [1.54, 1.807) is 25.3 Å². The number of aromatic nitrogens is 1. The van der Waals surface area contributed by atoms with Gasteiger partial charge in [0.2, 0.25) is 0 Å². The number of aliphatic hydroxyl groups is 3. The van der Waals surface area contributed by atoms with Gasteiger partial charge in [0.1, 0.15) is 16.9 Å². The predicted molar refractivity (Wildman–Crippen MR) is 138 cm³/mol. The van der Waals surface area contributed by atoms with Gasteiger partial charge in [-0.25, -0.2) is 4.98 Å². The summed E-state index contributed by atoms with van der Waals surface area (Å²) in [7, 11) is 0. The first-order valence-corrected chi connectivity index (χ1v) is 13.2. The number of hydrogen-bond donors (Lipinski definition) is 3. The molecule has 0 bridgehead atoms. The van der Waals surface area contributed by atoms with Crippen LogP contribution in [-0.4, -0.2) is 56.5 Å². The van der Waals surface area contributed by atoms with Crippen LogP contribution in [0.25, 0.3) is 6.08 Å². The van der Waals surface area contributed by atoms with E-state index in [2.05, 4.69) is 4.98 Å². The first-order valence-electron chi connectivity index (χ1n) is 12.3. The van der Waals surface area contributed by atoms with Crippen molar-refractivity contribution in [2.24, 2.45) is 17.3 Å². The van der Waals surface area contributed by atoms with Gasteiger partial charge < -0.3 is 20.1 Å². The van der Waals surface area contributed by atoms with Gasteiger partial charge in [-0.1, -0.05) is 45.9 Å². The normalized spacial score (nSPS) is 30.9. The summed E-state index contributed by atoms with van der Waals surface area (Å²) in [4.78, 5) is 30.1. The number of cyclic esters (lactones) is 1. The number of esters is 1. The number of ether oxygens (including phenoxy) is 1. The van der Waals surface area contributed by atoms with Crippen LogP contribution in [0.15, 0.2) is 34.8 Å². The summed E-state index contributed by atoms with van der Waals surface area (Å²) < 4.78 is 46.8. The zero-order valence-electron chi connectivity index (χ0n) is 22.2. The SMILES string of the molecule is C/C(=C\c1csc(CO)n1)[C@H]1C/C=C(/C(F)(F)F)C/C=C/[C@H](C)[C@H](O)[C@@H](C)C(=O)C(C)(C)[C@@H](O)CC(=O)O1. The van der Waals surface area contributed by atoms with E-state index in [1.807, 2.05) is 0 Å². The Morgan fingerprint density at radius 1 is 1.26 bits per heavy atom. The molecule has 7 nitrogen and oxygen atoms in total. The van der Waals surface area contributed by atoms with Crippen LogP contribution in [0.3, 0.4) is 0 Å². The Bertz CT molecular complexity index is 1080. The second kappa shape index (κ2) is 13.1. The lowest BCUT2D eigenvalue weighted by Crippen LogP contribution is -2.45. The number of ketones is 1. The van der Waals surface area contributed by atoms with Crippen molar-refractivity contribution < 1.29 is 42.8 Å². The molecule has 2 heterocycles. The quantitative estimate of drug-likeness (QED) is 0.361. The number of hydrogen-bond acceptors (Lipinski definition) is 8. The highest BCUT2D eigenvalue weighted by molar-refractivity contribution is 7.09. The lowest BCUT2D eigenvalue weighted by atomic mass is 9.73. The molecule has 0 unspecified atom stereocenters. The zero-order valence-corrected chi connectivity index (χ0v) is 23.0. The highest BCUT2D eigenvalue weighted by Gasteiger charge is 2.42. The highest BCUT2D eigenvalue weighted by atomic mass is 32.1. The fraction of sp³-hybridized carbons (Fsp3) is 0.593. The molecule has 0 saturated heterocycles. The van der Waals surface area contributed by atoms with Crippen LogP contribution in [0.5, 0.6) is 0 Å². The third-order valence-electron chi connectivity index (χ3n) is 6.87. The average molecular weight is 560 g/mol.